The number of rotatable bonds is 6. The topological polar surface area (TPSA) is 67.1 Å². The van der Waals surface area contributed by atoms with E-state index in [9.17, 15) is 4.39 Å². The number of fused-ring (bicyclic) bond motifs is 1. The molecule has 0 atom stereocenters. The summed E-state index contributed by atoms with van der Waals surface area (Å²) in [6.45, 7) is 18.7. The molecule has 0 fully saturated rings. The molecule has 2 heterocycles. The molecule has 204 valence electrons. The molecule has 0 bridgehead atoms. The van der Waals surface area contributed by atoms with Crippen LogP contribution in [0.1, 0.15) is 77.1 Å². The van der Waals surface area contributed by atoms with Gasteiger partial charge in [-0.25, -0.2) is 15.5 Å². The average molecular weight is 694 g/mol. The number of furan rings is 1. The number of halogens is 1. The number of aryl methyl sites for hydroxylation is 2. The summed E-state index contributed by atoms with van der Waals surface area (Å²) in [5.74, 6) is 0.662. The molecular weight excluding hydrogens is 656 g/mol. The van der Waals surface area contributed by atoms with E-state index in [4.69, 9.17) is 4.42 Å². The van der Waals surface area contributed by atoms with Gasteiger partial charge in [0.15, 0.2) is 0 Å². The summed E-state index contributed by atoms with van der Waals surface area (Å²) in [4.78, 5) is 8.65. The minimum atomic E-state index is -0.225. The summed E-state index contributed by atoms with van der Waals surface area (Å²) in [5.41, 5.74) is 5.92. The maximum absolute atomic E-state index is 12.8. The van der Waals surface area contributed by atoms with Crippen LogP contribution in [0.2, 0.25) is 0 Å². The Kier molecular flexibility index (Phi) is 11.3. The van der Waals surface area contributed by atoms with Crippen LogP contribution < -0.4 is 0 Å². The minimum absolute atomic E-state index is 0. The smallest absolute Gasteiger partial charge is 0.672 e. The second-order valence-electron chi connectivity index (χ2n) is 10.8. The van der Waals surface area contributed by atoms with Crippen LogP contribution in [0.25, 0.3) is 33.0 Å². The molecule has 38 heavy (non-hydrogen) atoms. The van der Waals surface area contributed by atoms with Crippen LogP contribution in [0, 0.1) is 25.7 Å². The van der Waals surface area contributed by atoms with Crippen molar-refractivity contribution in [1.82, 2.24) is 9.97 Å². The molecule has 7 heteroatoms. The third-order valence-corrected chi connectivity index (χ3v) is 5.95. The minimum Gasteiger partial charge on any atom is -0.672 e. The first-order valence-corrected chi connectivity index (χ1v) is 12.8. The van der Waals surface area contributed by atoms with E-state index < -0.39 is 0 Å². The second-order valence-corrected chi connectivity index (χ2v) is 10.8. The van der Waals surface area contributed by atoms with Crippen molar-refractivity contribution in [2.45, 2.75) is 86.0 Å². The standard InChI is InChI=1S/C18H19N2O.C13H19FN2.Ir/c1-11-12(2)21-17-15(11)16(19-10-20-17)13-6-8-14(9-7-13)18(3,4)5;1-9(2)15-13(16-10(3)4)11-5-7-12(14)8-6-11;/h6,8-10H,1-5H3;5-10,13H,1-4H3;/q-1;-2;+3. The zero-order valence-corrected chi connectivity index (χ0v) is 26.2. The van der Waals surface area contributed by atoms with Gasteiger partial charge in [-0.15, -0.1) is 47.5 Å². The van der Waals surface area contributed by atoms with Gasteiger partial charge in [-0.05, 0) is 37.0 Å². The van der Waals surface area contributed by atoms with E-state index in [0.717, 1.165) is 33.5 Å². The molecule has 0 unspecified atom stereocenters. The Labute approximate surface area is 240 Å². The van der Waals surface area contributed by atoms with Gasteiger partial charge in [0, 0.05) is 11.1 Å². The second kappa shape index (κ2) is 13.6. The van der Waals surface area contributed by atoms with E-state index >= 15 is 0 Å². The van der Waals surface area contributed by atoms with Crippen molar-refractivity contribution in [3.63, 3.8) is 0 Å². The Bertz CT molecular complexity index is 1280. The Morgan fingerprint density at radius 3 is 2.00 bits per heavy atom. The maximum atomic E-state index is 12.8. The van der Waals surface area contributed by atoms with Crippen molar-refractivity contribution in [3.8, 4) is 11.3 Å². The van der Waals surface area contributed by atoms with E-state index in [-0.39, 0.29) is 49.6 Å². The van der Waals surface area contributed by atoms with E-state index in [0.29, 0.717) is 5.71 Å². The quantitative estimate of drug-likeness (QED) is 0.189. The van der Waals surface area contributed by atoms with Crippen molar-refractivity contribution >= 4 is 11.1 Å². The zero-order chi connectivity index (χ0) is 27.3. The first-order valence-electron chi connectivity index (χ1n) is 12.8. The molecule has 0 aliphatic rings. The van der Waals surface area contributed by atoms with Crippen LogP contribution in [0.3, 0.4) is 0 Å². The number of benzene rings is 2. The fourth-order valence-electron chi connectivity index (χ4n) is 3.84. The molecule has 0 aliphatic carbocycles. The summed E-state index contributed by atoms with van der Waals surface area (Å²) < 4.78 is 18.5. The van der Waals surface area contributed by atoms with Gasteiger partial charge in [0.05, 0.1) is 0 Å². The third-order valence-electron chi connectivity index (χ3n) is 5.95. The van der Waals surface area contributed by atoms with Crippen molar-refractivity contribution in [3.05, 3.63) is 93.8 Å². The average Bonchev–Trinajstić information content (AvgIpc) is 3.12. The van der Waals surface area contributed by atoms with Crippen LogP contribution in [0.15, 0.2) is 53.2 Å². The zero-order valence-electron chi connectivity index (χ0n) is 23.8. The van der Waals surface area contributed by atoms with Crippen molar-refractivity contribution in [2.24, 2.45) is 0 Å². The molecule has 0 aliphatic heterocycles. The molecular formula is C31H38FIrN4O. The Balaban J connectivity index is 0.000000270. The summed E-state index contributed by atoms with van der Waals surface area (Å²) in [5, 5.41) is 10.0. The van der Waals surface area contributed by atoms with Gasteiger partial charge < -0.3 is 15.1 Å². The number of hydrogen-bond donors (Lipinski definition) is 0. The summed E-state index contributed by atoms with van der Waals surface area (Å²) >= 11 is 0. The van der Waals surface area contributed by atoms with Gasteiger partial charge in [0.25, 0.3) is 0 Å². The number of aromatic nitrogens is 2. The van der Waals surface area contributed by atoms with Gasteiger partial charge >= 0.3 is 20.1 Å². The molecule has 0 saturated heterocycles. The normalized spacial score (nSPS) is 11.6. The molecule has 0 radical (unpaired) electrons. The summed E-state index contributed by atoms with van der Waals surface area (Å²) in [7, 11) is 0. The Morgan fingerprint density at radius 1 is 0.895 bits per heavy atom. The fraction of sp³-hybridized carbons (Fsp3) is 0.419. The maximum Gasteiger partial charge on any atom is 3.00 e. The van der Waals surface area contributed by atoms with Crippen LogP contribution in [-0.4, -0.2) is 22.1 Å². The van der Waals surface area contributed by atoms with E-state index in [1.165, 1.54) is 17.7 Å². The molecule has 5 nitrogen and oxygen atoms in total. The van der Waals surface area contributed by atoms with E-state index in [1.807, 2.05) is 47.6 Å². The van der Waals surface area contributed by atoms with Gasteiger partial charge in [-0.1, -0.05) is 66.2 Å². The summed E-state index contributed by atoms with van der Waals surface area (Å²) in [6, 6.07) is 16.5. The molecule has 0 N–H and O–H groups in total. The van der Waals surface area contributed by atoms with E-state index in [1.54, 1.807) is 18.5 Å². The van der Waals surface area contributed by atoms with E-state index in [2.05, 4.69) is 59.6 Å². The van der Waals surface area contributed by atoms with Crippen molar-refractivity contribution < 1.29 is 28.9 Å². The third kappa shape index (κ3) is 8.28. The molecule has 0 spiro atoms. The predicted molar refractivity (Wildman–Crippen MR) is 150 cm³/mol. The molecule has 0 amide bonds. The molecule has 4 aromatic rings. The first kappa shape index (κ1) is 31.8. The summed E-state index contributed by atoms with van der Waals surface area (Å²) in [6.07, 6.45) is 1.37. The van der Waals surface area contributed by atoms with Crippen LogP contribution in [0.4, 0.5) is 4.39 Å². The van der Waals surface area contributed by atoms with Crippen molar-refractivity contribution in [1.29, 1.82) is 0 Å². The van der Waals surface area contributed by atoms with Gasteiger partial charge in [-0.2, -0.15) is 0 Å². The van der Waals surface area contributed by atoms with Gasteiger partial charge in [0.2, 0.25) is 5.71 Å². The molecule has 0 saturated carbocycles. The van der Waals surface area contributed by atoms with Crippen LogP contribution in [0.5, 0.6) is 0 Å². The van der Waals surface area contributed by atoms with Crippen LogP contribution in [-0.2, 0) is 25.5 Å². The monoisotopic (exact) mass is 694 g/mol. The van der Waals surface area contributed by atoms with Gasteiger partial charge in [0.1, 0.15) is 17.9 Å². The molecule has 4 rings (SSSR count). The fourth-order valence-corrected chi connectivity index (χ4v) is 3.84. The molecule has 2 aromatic carbocycles. The Morgan fingerprint density at radius 2 is 1.50 bits per heavy atom. The first-order chi connectivity index (χ1) is 17.4. The number of hydrogen-bond acceptors (Lipinski definition) is 3. The van der Waals surface area contributed by atoms with Crippen LogP contribution >= 0.6 is 0 Å². The van der Waals surface area contributed by atoms with Crippen molar-refractivity contribution in [2.75, 3.05) is 0 Å². The predicted octanol–water partition coefficient (Wildman–Crippen LogP) is 8.99. The van der Waals surface area contributed by atoms with Gasteiger partial charge in [-0.3, -0.25) is 4.98 Å². The largest absolute Gasteiger partial charge is 3.00 e. The molecule has 2 aromatic heterocycles. The number of nitrogens with zero attached hydrogens (tertiary/aromatic N) is 4. The Hall–Kier alpha value is -2.44. The SMILES string of the molecule is CC(C)[N-]C([N-]C(C)C)c1ccc(F)cc1.Cc1oc2ncnc(-c3[c-]cc(C(C)(C)C)cc3)c2c1C.[Ir+3].